The number of rotatable bonds is 5. The van der Waals surface area contributed by atoms with E-state index in [2.05, 4.69) is 10.3 Å². The molecule has 2 aromatic rings. The average molecular weight is 277 g/mol. The molecule has 0 aliphatic heterocycles. The van der Waals surface area contributed by atoms with Gasteiger partial charge in [0.2, 0.25) is 5.91 Å². The highest BCUT2D eigenvalue weighted by atomic mass is 32.1. The number of nitrogens with zero attached hydrogens (tertiary/aromatic N) is 1. The number of hydrogen-bond acceptors (Lipinski definition) is 5. The van der Waals surface area contributed by atoms with Gasteiger partial charge in [-0.25, -0.2) is 4.98 Å². The molecule has 6 heteroatoms. The minimum atomic E-state index is -0.398. The fourth-order valence-corrected chi connectivity index (χ4v) is 2.30. The van der Waals surface area contributed by atoms with Gasteiger partial charge in [-0.2, -0.15) is 0 Å². The van der Waals surface area contributed by atoms with Crippen LogP contribution in [0, 0.1) is 0 Å². The van der Waals surface area contributed by atoms with Crippen molar-refractivity contribution in [3.05, 3.63) is 47.0 Å². The summed E-state index contributed by atoms with van der Waals surface area (Å²) in [4.78, 5) is 15.9. The predicted octanol–water partition coefficient (Wildman–Crippen LogP) is 1.12. The quantitative estimate of drug-likeness (QED) is 0.764. The minimum absolute atomic E-state index is 0.144. The maximum atomic E-state index is 11.9. The Morgan fingerprint density at radius 1 is 1.42 bits per heavy atom. The van der Waals surface area contributed by atoms with Crippen LogP contribution in [0.15, 0.2) is 35.7 Å². The average Bonchev–Trinajstić information content (AvgIpc) is 2.82. The van der Waals surface area contributed by atoms with Crippen LogP contribution in [0.4, 0.5) is 5.13 Å². The number of hydrogen-bond donors (Lipinski definition) is 3. The smallest absolute Gasteiger partial charge is 0.226 e. The highest BCUT2D eigenvalue weighted by Gasteiger charge is 2.14. The minimum Gasteiger partial charge on any atom is -0.394 e. The number of thiazole rings is 1. The number of nitrogens with two attached hydrogens (primary N) is 1. The van der Waals surface area contributed by atoms with Crippen LogP contribution < -0.4 is 11.1 Å². The Bertz CT molecular complexity index is 542. The Kier molecular flexibility index (Phi) is 4.48. The molecule has 0 saturated heterocycles. The number of aliphatic hydroxyl groups excluding tert-OH is 1. The number of carbonyl (C=O) groups is 1. The highest BCUT2D eigenvalue weighted by molar-refractivity contribution is 7.13. The number of nitrogens with one attached hydrogen (secondary N) is 1. The summed E-state index contributed by atoms with van der Waals surface area (Å²) in [5, 5.41) is 14.3. The second kappa shape index (κ2) is 6.31. The SMILES string of the molecule is Nc1nc(CC(=O)NC(CO)c2ccccc2)cs1. The van der Waals surface area contributed by atoms with Crippen LogP contribution in [0.1, 0.15) is 17.3 Å². The van der Waals surface area contributed by atoms with Crippen molar-refractivity contribution < 1.29 is 9.90 Å². The van der Waals surface area contributed by atoms with Crippen LogP contribution in [0.2, 0.25) is 0 Å². The van der Waals surface area contributed by atoms with E-state index in [0.717, 1.165) is 5.56 Å². The van der Waals surface area contributed by atoms with Crippen LogP contribution >= 0.6 is 11.3 Å². The second-order valence-electron chi connectivity index (χ2n) is 4.07. The van der Waals surface area contributed by atoms with Crippen molar-refractivity contribution >= 4 is 22.4 Å². The summed E-state index contributed by atoms with van der Waals surface area (Å²) in [6.45, 7) is -0.144. The van der Waals surface area contributed by atoms with Crippen LogP contribution in [0.25, 0.3) is 0 Å². The maximum absolute atomic E-state index is 11.9. The first-order valence-corrected chi connectivity index (χ1v) is 6.72. The van der Waals surface area contributed by atoms with E-state index >= 15 is 0 Å². The number of aliphatic hydroxyl groups is 1. The number of aromatic nitrogens is 1. The van der Waals surface area contributed by atoms with Crippen molar-refractivity contribution in [2.75, 3.05) is 12.3 Å². The van der Waals surface area contributed by atoms with E-state index in [-0.39, 0.29) is 18.9 Å². The van der Waals surface area contributed by atoms with Gasteiger partial charge in [-0.05, 0) is 5.56 Å². The van der Waals surface area contributed by atoms with Crippen LogP contribution in [0.3, 0.4) is 0 Å². The molecule has 0 aliphatic carbocycles. The molecule has 1 aromatic heterocycles. The monoisotopic (exact) mass is 277 g/mol. The van der Waals surface area contributed by atoms with Gasteiger partial charge in [-0.3, -0.25) is 4.79 Å². The summed E-state index contributed by atoms with van der Waals surface area (Å²) in [6.07, 6.45) is 0.164. The van der Waals surface area contributed by atoms with E-state index in [1.54, 1.807) is 5.38 Å². The summed E-state index contributed by atoms with van der Waals surface area (Å²) >= 11 is 1.30. The molecule has 4 N–H and O–H groups in total. The van der Waals surface area contributed by atoms with E-state index in [9.17, 15) is 9.90 Å². The van der Waals surface area contributed by atoms with Gasteiger partial charge in [-0.1, -0.05) is 30.3 Å². The molecule has 1 atom stereocenters. The fraction of sp³-hybridized carbons (Fsp3) is 0.231. The van der Waals surface area contributed by atoms with Gasteiger partial charge >= 0.3 is 0 Å². The lowest BCUT2D eigenvalue weighted by molar-refractivity contribution is -0.121. The Hall–Kier alpha value is -1.92. The van der Waals surface area contributed by atoms with E-state index < -0.39 is 6.04 Å². The molecule has 1 unspecified atom stereocenters. The van der Waals surface area contributed by atoms with Crippen molar-refractivity contribution in [2.45, 2.75) is 12.5 Å². The number of anilines is 1. The Morgan fingerprint density at radius 3 is 2.74 bits per heavy atom. The molecule has 0 aliphatic rings. The van der Waals surface area contributed by atoms with Crippen molar-refractivity contribution in [1.29, 1.82) is 0 Å². The molecule has 2 rings (SSSR count). The van der Waals surface area contributed by atoms with Crippen molar-refractivity contribution in [3.63, 3.8) is 0 Å². The predicted molar refractivity (Wildman–Crippen MR) is 74.6 cm³/mol. The molecule has 0 radical (unpaired) electrons. The molecule has 0 saturated carbocycles. The molecule has 5 nitrogen and oxygen atoms in total. The maximum Gasteiger partial charge on any atom is 0.226 e. The van der Waals surface area contributed by atoms with Gasteiger partial charge in [0, 0.05) is 5.38 Å². The van der Waals surface area contributed by atoms with Gasteiger partial charge < -0.3 is 16.2 Å². The molecule has 0 bridgehead atoms. The standard InChI is InChI=1S/C13H15N3O2S/c14-13-15-10(8-19-13)6-12(18)16-11(7-17)9-4-2-1-3-5-9/h1-5,8,11,17H,6-7H2,(H2,14,15)(H,16,18). The van der Waals surface area contributed by atoms with Crippen molar-refractivity contribution in [1.82, 2.24) is 10.3 Å². The molecular formula is C13H15N3O2S. The van der Waals surface area contributed by atoms with Crippen LogP contribution in [-0.2, 0) is 11.2 Å². The second-order valence-corrected chi connectivity index (χ2v) is 4.96. The lowest BCUT2D eigenvalue weighted by Crippen LogP contribution is -2.32. The summed E-state index contributed by atoms with van der Waals surface area (Å²) < 4.78 is 0. The lowest BCUT2D eigenvalue weighted by Gasteiger charge is -2.16. The molecular weight excluding hydrogens is 262 g/mol. The van der Waals surface area contributed by atoms with E-state index in [0.29, 0.717) is 10.8 Å². The zero-order chi connectivity index (χ0) is 13.7. The van der Waals surface area contributed by atoms with E-state index in [1.807, 2.05) is 30.3 Å². The van der Waals surface area contributed by atoms with E-state index in [1.165, 1.54) is 11.3 Å². The molecule has 19 heavy (non-hydrogen) atoms. The van der Waals surface area contributed by atoms with Gasteiger partial charge in [0.15, 0.2) is 5.13 Å². The number of carbonyl (C=O) groups excluding carboxylic acids is 1. The Balaban J connectivity index is 1.97. The Morgan fingerprint density at radius 2 is 2.16 bits per heavy atom. The molecule has 100 valence electrons. The molecule has 1 aromatic carbocycles. The zero-order valence-corrected chi connectivity index (χ0v) is 11.1. The third-order valence-corrected chi connectivity index (χ3v) is 3.35. The normalized spacial score (nSPS) is 12.1. The summed E-state index contributed by atoms with van der Waals surface area (Å²) in [6, 6.07) is 8.95. The fourth-order valence-electron chi connectivity index (χ4n) is 1.73. The lowest BCUT2D eigenvalue weighted by atomic mass is 10.1. The largest absolute Gasteiger partial charge is 0.394 e. The molecule has 1 amide bonds. The third kappa shape index (κ3) is 3.77. The van der Waals surface area contributed by atoms with Crippen LogP contribution in [0.5, 0.6) is 0 Å². The van der Waals surface area contributed by atoms with Crippen molar-refractivity contribution in [3.8, 4) is 0 Å². The van der Waals surface area contributed by atoms with E-state index in [4.69, 9.17) is 5.73 Å². The van der Waals surface area contributed by atoms with Gasteiger partial charge in [0.05, 0.1) is 24.8 Å². The summed E-state index contributed by atoms with van der Waals surface area (Å²) in [5.41, 5.74) is 7.02. The summed E-state index contributed by atoms with van der Waals surface area (Å²) in [5.74, 6) is -0.187. The molecule has 0 fully saturated rings. The zero-order valence-electron chi connectivity index (χ0n) is 10.2. The van der Waals surface area contributed by atoms with Crippen LogP contribution in [-0.4, -0.2) is 22.6 Å². The Labute approximate surface area is 115 Å². The highest BCUT2D eigenvalue weighted by Crippen LogP contribution is 2.14. The van der Waals surface area contributed by atoms with Gasteiger partial charge in [0.25, 0.3) is 0 Å². The van der Waals surface area contributed by atoms with Crippen molar-refractivity contribution in [2.24, 2.45) is 0 Å². The molecule has 0 spiro atoms. The van der Waals surface area contributed by atoms with Gasteiger partial charge in [-0.15, -0.1) is 11.3 Å². The topological polar surface area (TPSA) is 88.2 Å². The first-order chi connectivity index (χ1) is 9.19. The third-order valence-electron chi connectivity index (χ3n) is 2.63. The van der Waals surface area contributed by atoms with Gasteiger partial charge in [0.1, 0.15) is 0 Å². The number of benzene rings is 1. The summed E-state index contributed by atoms with van der Waals surface area (Å²) in [7, 11) is 0. The first kappa shape index (κ1) is 13.5. The first-order valence-electron chi connectivity index (χ1n) is 5.84. The number of nitrogen functional groups attached to an aromatic ring is 1. The molecule has 1 heterocycles. The number of amides is 1.